The average molecular weight is 442 g/mol. The Hall–Kier alpha value is -3.06. The Morgan fingerprint density at radius 1 is 1.10 bits per heavy atom. The summed E-state index contributed by atoms with van der Waals surface area (Å²) in [6.45, 7) is 0. The van der Waals surface area contributed by atoms with E-state index in [2.05, 4.69) is 15.3 Å². The van der Waals surface area contributed by atoms with Gasteiger partial charge in [-0.2, -0.15) is 0 Å². The van der Waals surface area contributed by atoms with Crippen LogP contribution in [0.1, 0.15) is 36.0 Å². The van der Waals surface area contributed by atoms with Crippen molar-refractivity contribution in [3.8, 4) is 11.5 Å². The third kappa shape index (κ3) is 4.37. The molecule has 0 amide bonds. The minimum atomic E-state index is -0.212. The van der Waals surface area contributed by atoms with Gasteiger partial charge in [-0.15, -0.1) is 0 Å². The molecule has 8 heteroatoms. The molecule has 0 radical (unpaired) electrons. The van der Waals surface area contributed by atoms with Gasteiger partial charge in [-0.25, -0.2) is 4.98 Å². The summed E-state index contributed by atoms with van der Waals surface area (Å²) in [6, 6.07) is 10.5. The number of aromatic amines is 1. The van der Waals surface area contributed by atoms with Crippen molar-refractivity contribution in [3.63, 3.8) is 0 Å². The molecule has 7 nitrogen and oxygen atoms in total. The van der Waals surface area contributed by atoms with E-state index in [-0.39, 0.29) is 23.3 Å². The smallest absolute Gasteiger partial charge is 0.260 e. The lowest BCUT2D eigenvalue weighted by molar-refractivity contribution is 0.0880. The largest absolute Gasteiger partial charge is 0.496 e. The van der Waals surface area contributed by atoms with E-state index in [0.29, 0.717) is 38.9 Å². The monoisotopic (exact) mass is 441 g/mol. The molecule has 0 unspecified atom stereocenters. The first-order valence-corrected chi connectivity index (χ1v) is 10.6. The fourth-order valence-corrected chi connectivity index (χ4v) is 4.34. The second kappa shape index (κ2) is 8.98. The Balaban J connectivity index is 1.46. The number of ketones is 1. The number of benzene rings is 2. The molecule has 1 aromatic heterocycles. The minimum absolute atomic E-state index is 0.0413. The van der Waals surface area contributed by atoms with Crippen molar-refractivity contribution in [2.75, 3.05) is 19.5 Å². The number of rotatable bonds is 6. The summed E-state index contributed by atoms with van der Waals surface area (Å²) in [6.07, 6.45) is 3.01. The quantitative estimate of drug-likeness (QED) is 0.549. The van der Waals surface area contributed by atoms with Crippen molar-refractivity contribution in [3.05, 3.63) is 57.3 Å². The molecule has 4 rings (SSSR count). The van der Waals surface area contributed by atoms with Crippen LogP contribution < -0.4 is 20.3 Å². The molecule has 0 bridgehead atoms. The minimum Gasteiger partial charge on any atom is -0.496 e. The number of halogens is 1. The number of Topliss-reactive ketones (excluding diaryl/α,β-unsaturated/α-hetero) is 1. The molecular formula is C23H24ClN3O4. The molecular weight excluding hydrogens is 418 g/mol. The van der Waals surface area contributed by atoms with Crippen molar-refractivity contribution < 1.29 is 14.3 Å². The van der Waals surface area contributed by atoms with Gasteiger partial charge < -0.3 is 14.8 Å². The van der Waals surface area contributed by atoms with Gasteiger partial charge in [0.1, 0.15) is 17.1 Å². The standard InChI is InChI=1S/C23H24ClN3O4/c1-30-18-4-3-5-19(31-2)20(18)21(28)13-6-9-15(10-7-13)25-23-26-17-12-14(24)8-11-16(17)22(29)27-23/h3-5,8,11-13,15H,6-7,9-10H2,1-2H3,(H2,25,26,27,29). The van der Waals surface area contributed by atoms with E-state index in [1.807, 2.05) is 0 Å². The van der Waals surface area contributed by atoms with Crippen molar-refractivity contribution in [2.45, 2.75) is 31.7 Å². The number of methoxy groups -OCH3 is 2. The van der Waals surface area contributed by atoms with Crippen molar-refractivity contribution in [1.29, 1.82) is 0 Å². The Kier molecular flexibility index (Phi) is 6.13. The topological polar surface area (TPSA) is 93.3 Å². The molecule has 0 spiro atoms. The predicted octanol–water partition coefficient (Wildman–Crippen LogP) is 4.45. The van der Waals surface area contributed by atoms with Crippen LogP contribution in [0.25, 0.3) is 10.9 Å². The van der Waals surface area contributed by atoms with Crippen LogP contribution in [0.2, 0.25) is 5.02 Å². The maximum atomic E-state index is 13.2. The highest BCUT2D eigenvalue weighted by molar-refractivity contribution is 6.31. The van der Waals surface area contributed by atoms with Crippen LogP contribution >= 0.6 is 11.6 Å². The average Bonchev–Trinajstić information content (AvgIpc) is 2.78. The van der Waals surface area contributed by atoms with E-state index in [1.165, 1.54) is 0 Å². The number of aromatic nitrogens is 2. The summed E-state index contributed by atoms with van der Waals surface area (Å²) in [5, 5.41) is 4.33. The van der Waals surface area contributed by atoms with E-state index in [9.17, 15) is 9.59 Å². The van der Waals surface area contributed by atoms with Crippen LogP contribution in [0, 0.1) is 5.92 Å². The molecule has 0 aliphatic heterocycles. The third-order valence-corrected chi connectivity index (χ3v) is 6.02. The van der Waals surface area contributed by atoms with Crippen LogP contribution in [0.3, 0.4) is 0 Å². The van der Waals surface area contributed by atoms with Crippen molar-refractivity contribution in [2.24, 2.45) is 5.92 Å². The van der Waals surface area contributed by atoms with Gasteiger partial charge in [-0.3, -0.25) is 14.6 Å². The molecule has 162 valence electrons. The van der Waals surface area contributed by atoms with E-state index in [1.54, 1.807) is 50.6 Å². The highest BCUT2D eigenvalue weighted by Gasteiger charge is 2.30. The number of hydrogen-bond acceptors (Lipinski definition) is 6. The highest BCUT2D eigenvalue weighted by atomic mass is 35.5. The maximum Gasteiger partial charge on any atom is 0.260 e. The van der Waals surface area contributed by atoms with Crippen LogP contribution in [-0.2, 0) is 0 Å². The molecule has 2 aromatic carbocycles. The molecule has 1 heterocycles. The molecule has 3 aromatic rings. The Bertz CT molecular complexity index is 1150. The second-order valence-electron chi connectivity index (χ2n) is 7.67. The zero-order chi connectivity index (χ0) is 22.0. The number of hydrogen-bond donors (Lipinski definition) is 2. The summed E-state index contributed by atoms with van der Waals surface area (Å²) in [7, 11) is 3.10. The van der Waals surface area contributed by atoms with Crippen LogP contribution in [0.15, 0.2) is 41.2 Å². The normalized spacial score (nSPS) is 18.5. The van der Waals surface area contributed by atoms with Crippen molar-refractivity contribution >= 4 is 34.2 Å². The molecule has 1 aliphatic carbocycles. The van der Waals surface area contributed by atoms with E-state index < -0.39 is 0 Å². The highest BCUT2D eigenvalue weighted by Crippen LogP contribution is 2.35. The van der Waals surface area contributed by atoms with E-state index in [4.69, 9.17) is 21.1 Å². The SMILES string of the molecule is COc1cccc(OC)c1C(=O)C1CCC(Nc2nc3cc(Cl)ccc3c(=O)[nH]2)CC1. The first-order valence-electron chi connectivity index (χ1n) is 10.2. The van der Waals surface area contributed by atoms with Gasteiger partial charge >= 0.3 is 0 Å². The fraction of sp³-hybridized carbons (Fsp3) is 0.348. The summed E-state index contributed by atoms with van der Waals surface area (Å²) in [4.78, 5) is 32.8. The van der Waals surface area contributed by atoms with E-state index >= 15 is 0 Å². The summed E-state index contributed by atoms with van der Waals surface area (Å²) < 4.78 is 10.8. The van der Waals surface area contributed by atoms with Crippen LogP contribution in [0.5, 0.6) is 11.5 Å². The lowest BCUT2D eigenvalue weighted by Crippen LogP contribution is -2.31. The Morgan fingerprint density at radius 2 is 1.77 bits per heavy atom. The zero-order valence-electron chi connectivity index (χ0n) is 17.4. The number of nitrogens with zero attached hydrogens (tertiary/aromatic N) is 1. The first-order chi connectivity index (χ1) is 15.0. The number of ether oxygens (including phenoxy) is 2. The summed E-state index contributed by atoms with van der Waals surface area (Å²) in [5.41, 5.74) is 0.837. The molecule has 0 saturated heterocycles. The van der Waals surface area contributed by atoms with Gasteiger partial charge in [0.05, 0.1) is 25.1 Å². The van der Waals surface area contributed by atoms with Gasteiger partial charge in [0.15, 0.2) is 5.78 Å². The number of carbonyl (C=O) groups excluding carboxylic acids is 1. The van der Waals surface area contributed by atoms with Crippen molar-refractivity contribution in [1.82, 2.24) is 9.97 Å². The number of carbonyl (C=O) groups is 1. The van der Waals surface area contributed by atoms with E-state index in [0.717, 1.165) is 25.7 Å². The van der Waals surface area contributed by atoms with Gasteiger partial charge in [0.25, 0.3) is 5.56 Å². The number of anilines is 1. The first kappa shape index (κ1) is 21.2. The van der Waals surface area contributed by atoms with Crippen LogP contribution in [-0.4, -0.2) is 36.0 Å². The molecule has 1 fully saturated rings. The van der Waals surface area contributed by atoms with Gasteiger partial charge in [0, 0.05) is 17.0 Å². The lowest BCUT2D eigenvalue weighted by atomic mass is 9.81. The Labute approximate surface area is 184 Å². The molecule has 1 aliphatic rings. The maximum absolute atomic E-state index is 13.2. The zero-order valence-corrected chi connectivity index (χ0v) is 18.2. The van der Waals surface area contributed by atoms with Gasteiger partial charge in [0.2, 0.25) is 5.95 Å². The van der Waals surface area contributed by atoms with Gasteiger partial charge in [-0.05, 0) is 56.0 Å². The summed E-state index contributed by atoms with van der Waals surface area (Å²) in [5.74, 6) is 1.41. The van der Waals surface area contributed by atoms with Crippen LogP contribution in [0.4, 0.5) is 5.95 Å². The molecule has 0 atom stereocenters. The Morgan fingerprint density at radius 3 is 2.42 bits per heavy atom. The number of fused-ring (bicyclic) bond motifs is 1. The molecule has 31 heavy (non-hydrogen) atoms. The fourth-order valence-electron chi connectivity index (χ4n) is 4.17. The predicted molar refractivity (Wildman–Crippen MR) is 121 cm³/mol. The molecule has 2 N–H and O–H groups in total. The lowest BCUT2D eigenvalue weighted by Gasteiger charge is -2.29. The number of H-pyrrole nitrogens is 1. The third-order valence-electron chi connectivity index (χ3n) is 5.78. The molecule has 1 saturated carbocycles. The summed E-state index contributed by atoms with van der Waals surface area (Å²) >= 11 is 6.03. The second-order valence-corrected chi connectivity index (χ2v) is 8.11. The van der Waals surface area contributed by atoms with Gasteiger partial charge in [-0.1, -0.05) is 17.7 Å². The number of nitrogens with one attached hydrogen (secondary N) is 2.